The van der Waals surface area contributed by atoms with Gasteiger partial charge in [0.1, 0.15) is 0 Å². The summed E-state index contributed by atoms with van der Waals surface area (Å²) in [6, 6.07) is 7.83. The van der Waals surface area contributed by atoms with Gasteiger partial charge in [-0.05, 0) is 24.1 Å². The molecule has 0 aliphatic carbocycles. The molecular weight excluding hydrogens is 280 g/mol. The number of hydrogen-bond donors (Lipinski definition) is 1. The van der Waals surface area contributed by atoms with Crippen molar-refractivity contribution in [2.45, 2.75) is 19.4 Å². The van der Waals surface area contributed by atoms with E-state index in [0.29, 0.717) is 6.42 Å². The number of aliphatic hydroxyl groups excluding tert-OH is 1. The molecule has 0 spiro atoms. The predicted molar refractivity (Wildman–Crippen MR) is 70.8 cm³/mol. The Bertz CT molecular complexity index is 522. The van der Waals surface area contributed by atoms with Gasteiger partial charge in [0.2, 0.25) is 0 Å². The zero-order valence-electron chi connectivity index (χ0n) is 9.89. The van der Waals surface area contributed by atoms with Gasteiger partial charge in [0, 0.05) is 24.1 Å². The van der Waals surface area contributed by atoms with Crippen molar-refractivity contribution in [3.63, 3.8) is 0 Å². The van der Waals surface area contributed by atoms with E-state index in [-0.39, 0.29) is 0 Å². The second-order valence-corrected chi connectivity index (χ2v) is 4.97. The Morgan fingerprint density at radius 3 is 2.82 bits per heavy atom. The van der Waals surface area contributed by atoms with Crippen LogP contribution in [0.25, 0.3) is 0 Å². The average molecular weight is 295 g/mol. The Morgan fingerprint density at radius 2 is 2.18 bits per heavy atom. The first-order valence-corrected chi connectivity index (χ1v) is 6.29. The van der Waals surface area contributed by atoms with Gasteiger partial charge >= 0.3 is 0 Å². The largest absolute Gasteiger partial charge is 0.388 e. The number of aliphatic hydroxyl groups is 1. The topological polar surface area (TPSA) is 38.0 Å². The Morgan fingerprint density at radius 1 is 1.41 bits per heavy atom. The third-order valence-corrected chi connectivity index (χ3v) is 3.84. The van der Waals surface area contributed by atoms with Crippen molar-refractivity contribution in [3.8, 4) is 0 Å². The van der Waals surface area contributed by atoms with Crippen LogP contribution in [0.5, 0.6) is 0 Å². The Hall–Kier alpha value is -1.13. The van der Waals surface area contributed by atoms with Crippen molar-refractivity contribution in [2.24, 2.45) is 7.05 Å². The van der Waals surface area contributed by atoms with E-state index in [2.05, 4.69) is 21.0 Å². The highest BCUT2D eigenvalue weighted by Gasteiger charge is 2.14. The van der Waals surface area contributed by atoms with Gasteiger partial charge in [-0.1, -0.05) is 34.1 Å². The summed E-state index contributed by atoms with van der Waals surface area (Å²) in [5.41, 5.74) is 2.94. The predicted octanol–water partition coefficient (Wildman–Crippen LogP) is 2.77. The Kier molecular flexibility index (Phi) is 3.64. The average Bonchev–Trinajstić information content (AvgIpc) is 2.68. The summed E-state index contributed by atoms with van der Waals surface area (Å²) < 4.78 is 2.72. The molecule has 2 aromatic rings. The normalized spacial score (nSPS) is 12.7. The summed E-state index contributed by atoms with van der Waals surface area (Å²) in [7, 11) is 1.87. The van der Waals surface area contributed by atoms with Gasteiger partial charge in [-0.25, -0.2) is 0 Å². The van der Waals surface area contributed by atoms with Crippen molar-refractivity contribution in [2.75, 3.05) is 0 Å². The number of benzene rings is 1. The van der Waals surface area contributed by atoms with Crippen LogP contribution in [0.15, 0.2) is 34.9 Å². The molecule has 2 rings (SSSR count). The molecule has 17 heavy (non-hydrogen) atoms. The maximum atomic E-state index is 10.2. The number of aromatic nitrogens is 2. The van der Waals surface area contributed by atoms with Crippen LogP contribution in [-0.4, -0.2) is 14.9 Å². The van der Waals surface area contributed by atoms with Gasteiger partial charge in [-0.2, -0.15) is 5.10 Å². The van der Waals surface area contributed by atoms with Crippen LogP contribution in [0.3, 0.4) is 0 Å². The fraction of sp³-hybridized carbons (Fsp3) is 0.308. The first-order valence-electron chi connectivity index (χ1n) is 5.49. The molecule has 1 unspecified atom stereocenters. The van der Waals surface area contributed by atoms with Crippen LogP contribution >= 0.6 is 15.9 Å². The SMILES string of the molecule is Cc1cccc(C(O)Cc2ccn(C)n2)c1Br. The van der Waals surface area contributed by atoms with Crippen molar-refractivity contribution >= 4 is 15.9 Å². The lowest BCUT2D eigenvalue weighted by Gasteiger charge is -2.13. The van der Waals surface area contributed by atoms with Gasteiger partial charge in [0.15, 0.2) is 0 Å². The molecule has 0 aliphatic heterocycles. The van der Waals surface area contributed by atoms with E-state index in [1.54, 1.807) is 4.68 Å². The van der Waals surface area contributed by atoms with E-state index in [0.717, 1.165) is 21.3 Å². The summed E-state index contributed by atoms with van der Waals surface area (Å²) in [4.78, 5) is 0. The number of hydrogen-bond acceptors (Lipinski definition) is 2. The van der Waals surface area contributed by atoms with Crippen LogP contribution in [0.4, 0.5) is 0 Å². The van der Waals surface area contributed by atoms with Crippen molar-refractivity contribution < 1.29 is 5.11 Å². The monoisotopic (exact) mass is 294 g/mol. The molecule has 1 atom stereocenters. The Balaban J connectivity index is 2.20. The number of rotatable bonds is 3. The highest BCUT2D eigenvalue weighted by atomic mass is 79.9. The lowest BCUT2D eigenvalue weighted by molar-refractivity contribution is 0.176. The maximum Gasteiger partial charge on any atom is 0.0857 e. The fourth-order valence-corrected chi connectivity index (χ4v) is 2.34. The zero-order chi connectivity index (χ0) is 12.4. The molecule has 1 aromatic carbocycles. The second kappa shape index (κ2) is 5.02. The summed E-state index contributed by atoms with van der Waals surface area (Å²) in [5.74, 6) is 0. The maximum absolute atomic E-state index is 10.2. The van der Waals surface area contributed by atoms with Crippen LogP contribution in [0, 0.1) is 6.92 Å². The minimum Gasteiger partial charge on any atom is -0.388 e. The van der Waals surface area contributed by atoms with Crippen molar-refractivity contribution in [1.82, 2.24) is 9.78 Å². The molecular formula is C13H15BrN2O. The summed E-state index contributed by atoms with van der Waals surface area (Å²) in [6.07, 6.45) is 1.88. The third kappa shape index (κ3) is 2.76. The van der Waals surface area contributed by atoms with Crippen molar-refractivity contribution in [1.29, 1.82) is 0 Å². The standard InChI is InChI=1S/C13H15BrN2O/c1-9-4-3-5-11(13(9)14)12(17)8-10-6-7-16(2)15-10/h3-7,12,17H,8H2,1-2H3. The van der Waals surface area contributed by atoms with Crippen LogP contribution in [-0.2, 0) is 13.5 Å². The lowest BCUT2D eigenvalue weighted by Crippen LogP contribution is -2.04. The number of aryl methyl sites for hydroxylation is 2. The van der Waals surface area contributed by atoms with Crippen LogP contribution in [0.2, 0.25) is 0 Å². The van der Waals surface area contributed by atoms with E-state index < -0.39 is 6.10 Å². The lowest BCUT2D eigenvalue weighted by atomic mass is 10.0. The summed E-state index contributed by atoms with van der Waals surface area (Å²) >= 11 is 3.51. The minimum absolute atomic E-state index is 0.529. The molecule has 0 saturated carbocycles. The molecule has 3 nitrogen and oxygen atoms in total. The molecule has 0 radical (unpaired) electrons. The number of nitrogens with zero attached hydrogens (tertiary/aromatic N) is 2. The van der Waals surface area contributed by atoms with E-state index in [9.17, 15) is 5.11 Å². The quantitative estimate of drug-likeness (QED) is 0.945. The summed E-state index contributed by atoms with van der Waals surface area (Å²) in [5, 5.41) is 14.5. The van der Waals surface area contributed by atoms with Gasteiger partial charge < -0.3 is 5.11 Å². The van der Waals surface area contributed by atoms with E-state index in [1.165, 1.54) is 0 Å². The molecule has 0 aliphatic rings. The highest BCUT2D eigenvalue weighted by Crippen LogP contribution is 2.28. The third-order valence-electron chi connectivity index (χ3n) is 2.75. The van der Waals surface area contributed by atoms with Gasteiger partial charge in [0.25, 0.3) is 0 Å². The van der Waals surface area contributed by atoms with Gasteiger partial charge in [-0.3, -0.25) is 4.68 Å². The second-order valence-electron chi connectivity index (χ2n) is 4.18. The molecule has 1 aromatic heterocycles. The van der Waals surface area contributed by atoms with Crippen LogP contribution < -0.4 is 0 Å². The molecule has 0 bridgehead atoms. The van der Waals surface area contributed by atoms with E-state index in [4.69, 9.17) is 0 Å². The van der Waals surface area contributed by atoms with Crippen molar-refractivity contribution in [3.05, 3.63) is 51.8 Å². The molecule has 0 fully saturated rings. The smallest absolute Gasteiger partial charge is 0.0857 e. The molecule has 0 amide bonds. The van der Waals surface area contributed by atoms with Gasteiger partial charge in [0.05, 0.1) is 11.8 Å². The van der Waals surface area contributed by atoms with Gasteiger partial charge in [-0.15, -0.1) is 0 Å². The number of halogens is 1. The zero-order valence-corrected chi connectivity index (χ0v) is 11.5. The first kappa shape index (κ1) is 12.3. The first-order chi connectivity index (χ1) is 8.08. The molecule has 4 heteroatoms. The Labute approximate surface area is 109 Å². The summed E-state index contributed by atoms with van der Waals surface area (Å²) in [6.45, 7) is 2.01. The van der Waals surface area contributed by atoms with Crippen LogP contribution in [0.1, 0.15) is 22.9 Å². The van der Waals surface area contributed by atoms with E-state index >= 15 is 0 Å². The van der Waals surface area contributed by atoms with E-state index in [1.807, 2.05) is 44.4 Å². The minimum atomic E-state index is -0.529. The molecule has 1 heterocycles. The highest BCUT2D eigenvalue weighted by molar-refractivity contribution is 9.10. The molecule has 0 saturated heterocycles. The fourth-order valence-electron chi connectivity index (χ4n) is 1.81. The molecule has 1 N–H and O–H groups in total. The molecule has 90 valence electrons.